The van der Waals surface area contributed by atoms with E-state index in [-0.39, 0.29) is 18.0 Å². The summed E-state index contributed by atoms with van der Waals surface area (Å²) in [5.74, 6) is 0.0141. The summed E-state index contributed by atoms with van der Waals surface area (Å²) in [7, 11) is 0. The Morgan fingerprint density at radius 3 is 2.35 bits per heavy atom. The zero-order valence-corrected chi connectivity index (χ0v) is 12.4. The van der Waals surface area contributed by atoms with Gasteiger partial charge in [-0.05, 0) is 29.8 Å². The first-order valence-electron chi connectivity index (χ1n) is 5.41. The van der Waals surface area contributed by atoms with Crippen molar-refractivity contribution in [2.45, 2.75) is 41.2 Å². The van der Waals surface area contributed by atoms with Gasteiger partial charge in [0.25, 0.3) is 0 Å². The zero-order valence-electron chi connectivity index (χ0n) is 10.8. The second-order valence-electron chi connectivity index (χ2n) is 5.14. The van der Waals surface area contributed by atoms with Crippen LogP contribution in [0.5, 0.6) is 0 Å². The smallest absolute Gasteiger partial charge is 0.297 e. The molecule has 0 atom stereocenters. The SMILES string of the molecule is Cc1nc(=O)n(CC(=O)C(C)(C)C)c(C)c1Br. The molecule has 1 rings (SSSR count). The predicted molar refractivity (Wildman–Crippen MR) is 70.1 cm³/mol. The topological polar surface area (TPSA) is 52.0 Å². The zero-order chi connectivity index (χ0) is 13.4. The van der Waals surface area contributed by atoms with E-state index < -0.39 is 5.41 Å². The minimum absolute atomic E-state index is 0.0141. The fourth-order valence-electron chi connectivity index (χ4n) is 1.34. The predicted octanol–water partition coefficient (Wildman–Crippen LogP) is 2.24. The first-order chi connectivity index (χ1) is 7.64. The van der Waals surface area contributed by atoms with Crippen LogP contribution in [-0.4, -0.2) is 15.3 Å². The van der Waals surface area contributed by atoms with Gasteiger partial charge >= 0.3 is 5.69 Å². The molecule has 1 aromatic rings. The molecule has 0 aliphatic heterocycles. The Bertz CT molecular complexity index is 512. The standard InChI is InChI=1S/C12H17BrN2O2/c1-7-10(13)8(2)15(11(17)14-7)6-9(16)12(3,4)5/h6H2,1-5H3. The first-order valence-corrected chi connectivity index (χ1v) is 6.20. The number of nitrogens with zero attached hydrogens (tertiary/aromatic N) is 2. The van der Waals surface area contributed by atoms with Gasteiger partial charge in [0.1, 0.15) is 0 Å². The average Bonchev–Trinajstić information content (AvgIpc) is 2.19. The fourth-order valence-corrected chi connectivity index (χ4v) is 1.65. The van der Waals surface area contributed by atoms with Crippen LogP contribution in [0.15, 0.2) is 9.27 Å². The number of aryl methyl sites for hydroxylation is 1. The van der Waals surface area contributed by atoms with Crippen molar-refractivity contribution in [2.24, 2.45) is 5.41 Å². The highest BCUT2D eigenvalue weighted by Gasteiger charge is 2.23. The highest BCUT2D eigenvalue weighted by atomic mass is 79.9. The maximum atomic E-state index is 11.9. The highest BCUT2D eigenvalue weighted by Crippen LogP contribution is 2.19. The molecule has 0 spiro atoms. The number of halogens is 1. The van der Waals surface area contributed by atoms with E-state index in [1.165, 1.54) is 4.57 Å². The lowest BCUT2D eigenvalue weighted by molar-refractivity contribution is -0.127. The summed E-state index contributed by atoms with van der Waals surface area (Å²) in [5.41, 5.74) is 0.552. The molecule has 94 valence electrons. The van der Waals surface area contributed by atoms with E-state index >= 15 is 0 Å². The highest BCUT2D eigenvalue weighted by molar-refractivity contribution is 9.10. The van der Waals surface area contributed by atoms with Gasteiger partial charge < -0.3 is 0 Å². The van der Waals surface area contributed by atoms with Crippen LogP contribution in [0, 0.1) is 19.3 Å². The minimum Gasteiger partial charge on any atom is -0.297 e. The molecule has 0 N–H and O–H groups in total. The molecule has 0 saturated carbocycles. The third kappa shape index (κ3) is 3.03. The molecule has 0 amide bonds. The lowest BCUT2D eigenvalue weighted by atomic mass is 9.91. The molecule has 0 aromatic carbocycles. The lowest BCUT2D eigenvalue weighted by Gasteiger charge is -2.19. The van der Waals surface area contributed by atoms with Crippen molar-refractivity contribution in [3.63, 3.8) is 0 Å². The summed E-state index contributed by atoms with van der Waals surface area (Å²) < 4.78 is 2.18. The number of ketones is 1. The molecule has 4 nitrogen and oxygen atoms in total. The van der Waals surface area contributed by atoms with E-state index in [2.05, 4.69) is 20.9 Å². The summed E-state index contributed by atoms with van der Waals surface area (Å²) in [6.45, 7) is 9.15. The van der Waals surface area contributed by atoms with Crippen LogP contribution < -0.4 is 5.69 Å². The Morgan fingerprint density at radius 2 is 1.88 bits per heavy atom. The number of carbonyl (C=O) groups is 1. The summed E-state index contributed by atoms with van der Waals surface area (Å²) >= 11 is 3.37. The van der Waals surface area contributed by atoms with Crippen molar-refractivity contribution >= 4 is 21.7 Å². The molecule has 1 aromatic heterocycles. The van der Waals surface area contributed by atoms with Crippen LogP contribution in [0.25, 0.3) is 0 Å². The fraction of sp³-hybridized carbons (Fsp3) is 0.583. The van der Waals surface area contributed by atoms with Crippen LogP contribution in [-0.2, 0) is 11.3 Å². The molecule has 0 unspecified atom stereocenters. The van der Waals surface area contributed by atoms with E-state index in [9.17, 15) is 9.59 Å². The molecule has 1 heterocycles. The summed E-state index contributed by atoms with van der Waals surface area (Å²) in [6, 6.07) is 0. The number of carbonyl (C=O) groups excluding carboxylic acids is 1. The minimum atomic E-state index is -0.455. The van der Waals surface area contributed by atoms with Gasteiger partial charge in [-0.3, -0.25) is 9.36 Å². The third-order valence-electron chi connectivity index (χ3n) is 2.67. The Labute approximate surface area is 109 Å². The van der Waals surface area contributed by atoms with E-state index in [1.807, 2.05) is 20.8 Å². The van der Waals surface area contributed by atoms with E-state index in [4.69, 9.17) is 0 Å². The van der Waals surface area contributed by atoms with Crippen molar-refractivity contribution in [3.8, 4) is 0 Å². The second kappa shape index (κ2) is 4.72. The number of hydrogen-bond donors (Lipinski definition) is 0. The molecule has 0 aliphatic carbocycles. The first kappa shape index (κ1) is 14.1. The molecule has 0 saturated heterocycles. The van der Waals surface area contributed by atoms with Crippen LogP contribution in [0.4, 0.5) is 0 Å². The quantitative estimate of drug-likeness (QED) is 0.842. The Kier molecular flexibility index (Phi) is 3.91. The Morgan fingerprint density at radius 1 is 1.35 bits per heavy atom. The molecule has 17 heavy (non-hydrogen) atoms. The van der Waals surface area contributed by atoms with Crippen LogP contribution in [0.3, 0.4) is 0 Å². The van der Waals surface area contributed by atoms with Gasteiger partial charge in [-0.1, -0.05) is 20.8 Å². The van der Waals surface area contributed by atoms with Gasteiger partial charge in [0.15, 0.2) is 5.78 Å². The average molecular weight is 301 g/mol. The Hall–Kier alpha value is -0.970. The number of rotatable bonds is 2. The molecule has 0 bridgehead atoms. The van der Waals surface area contributed by atoms with Gasteiger partial charge in [0, 0.05) is 11.1 Å². The number of Topliss-reactive ketones (excluding diaryl/α,β-unsaturated/α-hetero) is 1. The van der Waals surface area contributed by atoms with Gasteiger partial charge in [0.2, 0.25) is 0 Å². The van der Waals surface area contributed by atoms with E-state index in [1.54, 1.807) is 13.8 Å². The summed E-state index contributed by atoms with van der Waals surface area (Å²) in [5, 5.41) is 0. The maximum absolute atomic E-state index is 11.9. The molecule has 0 aliphatic rings. The second-order valence-corrected chi connectivity index (χ2v) is 5.93. The summed E-state index contributed by atoms with van der Waals surface area (Å²) in [4.78, 5) is 27.6. The van der Waals surface area contributed by atoms with Crippen LogP contribution >= 0.6 is 15.9 Å². The van der Waals surface area contributed by atoms with Crippen molar-refractivity contribution < 1.29 is 4.79 Å². The molecule has 0 radical (unpaired) electrons. The van der Waals surface area contributed by atoms with Crippen LogP contribution in [0.1, 0.15) is 32.2 Å². The van der Waals surface area contributed by atoms with Gasteiger partial charge in [0.05, 0.1) is 16.7 Å². The van der Waals surface area contributed by atoms with E-state index in [0.717, 1.165) is 10.2 Å². The molecular weight excluding hydrogens is 284 g/mol. The van der Waals surface area contributed by atoms with Crippen molar-refractivity contribution in [3.05, 3.63) is 26.3 Å². The normalized spacial score (nSPS) is 11.6. The maximum Gasteiger partial charge on any atom is 0.348 e. The third-order valence-corrected chi connectivity index (χ3v) is 3.82. The van der Waals surface area contributed by atoms with Crippen molar-refractivity contribution in [2.75, 3.05) is 0 Å². The van der Waals surface area contributed by atoms with Gasteiger partial charge in [-0.25, -0.2) is 4.79 Å². The van der Waals surface area contributed by atoms with Crippen LogP contribution in [0.2, 0.25) is 0 Å². The molecule has 0 fully saturated rings. The van der Waals surface area contributed by atoms with Gasteiger partial charge in [-0.15, -0.1) is 0 Å². The monoisotopic (exact) mass is 300 g/mol. The lowest BCUT2D eigenvalue weighted by Crippen LogP contribution is -2.33. The number of aromatic nitrogens is 2. The summed E-state index contributed by atoms with van der Waals surface area (Å²) in [6.07, 6.45) is 0. The Balaban J connectivity index is 3.22. The number of hydrogen-bond acceptors (Lipinski definition) is 3. The van der Waals surface area contributed by atoms with Gasteiger partial charge in [-0.2, -0.15) is 4.98 Å². The molecule has 5 heteroatoms. The van der Waals surface area contributed by atoms with Crippen molar-refractivity contribution in [1.82, 2.24) is 9.55 Å². The molecular formula is C12H17BrN2O2. The van der Waals surface area contributed by atoms with E-state index in [0.29, 0.717) is 5.69 Å². The largest absolute Gasteiger partial charge is 0.348 e. The van der Waals surface area contributed by atoms with Crippen molar-refractivity contribution in [1.29, 1.82) is 0 Å².